The first kappa shape index (κ1) is 9.06. The fraction of sp³-hybridized carbons (Fsp3) is 0.364. The maximum absolute atomic E-state index is 11.0. The first-order valence-electron chi connectivity index (χ1n) is 4.82. The summed E-state index contributed by atoms with van der Waals surface area (Å²) in [5.41, 5.74) is 0.938. The highest BCUT2D eigenvalue weighted by atomic mass is 16.3. The number of hydrogen-bond acceptors (Lipinski definition) is 2. The molecule has 74 valence electrons. The second-order valence-corrected chi connectivity index (χ2v) is 3.60. The average Bonchev–Trinajstić information content (AvgIpc) is 2.20. The van der Waals surface area contributed by atoms with E-state index in [1.165, 1.54) is 0 Å². The number of benzene rings is 1. The molecule has 1 heterocycles. The van der Waals surface area contributed by atoms with Crippen LogP contribution in [0.1, 0.15) is 24.3 Å². The van der Waals surface area contributed by atoms with Crippen LogP contribution in [0.5, 0.6) is 5.75 Å². The van der Waals surface area contributed by atoms with E-state index in [0.29, 0.717) is 18.7 Å². The van der Waals surface area contributed by atoms with Gasteiger partial charge in [0.1, 0.15) is 5.75 Å². The van der Waals surface area contributed by atoms with Gasteiger partial charge in [-0.05, 0) is 18.1 Å². The minimum absolute atomic E-state index is 0.108. The van der Waals surface area contributed by atoms with Crippen LogP contribution >= 0.6 is 0 Å². The maximum atomic E-state index is 11.0. The number of para-hydroxylation sites is 1. The third kappa shape index (κ3) is 1.71. The van der Waals surface area contributed by atoms with Crippen molar-refractivity contribution in [2.75, 3.05) is 6.54 Å². The van der Waals surface area contributed by atoms with Gasteiger partial charge in [0.05, 0.1) is 0 Å². The molecule has 1 fully saturated rings. The van der Waals surface area contributed by atoms with Gasteiger partial charge in [-0.2, -0.15) is 0 Å². The molecule has 0 aromatic heterocycles. The summed E-state index contributed by atoms with van der Waals surface area (Å²) in [6.45, 7) is 0.635. The van der Waals surface area contributed by atoms with Gasteiger partial charge in [0, 0.05) is 18.9 Å². The molecule has 1 aromatic carbocycles. The van der Waals surface area contributed by atoms with Gasteiger partial charge in [-0.1, -0.05) is 18.2 Å². The number of nitrogens with one attached hydrogen (secondary N) is 1. The molecule has 3 heteroatoms. The molecule has 1 aliphatic rings. The van der Waals surface area contributed by atoms with Crippen molar-refractivity contribution in [3.05, 3.63) is 29.8 Å². The Morgan fingerprint density at radius 1 is 1.36 bits per heavy atom. The highest BCUT2D eigenvalue weighted by Crippen LogP contribution is 2.29. The Kier molecular flexibility index (Phi) is 2.39. The molecule has 0 aliphatic carbocycles. The highest BCUT2D eigenvalue weighted by molar-refractivity contribution is 5.77. The van der Waals surface area contributed by atoms with Crippen molar-refractivity contribution < 1.29 is 9.90 Å². The van der Waals surface area contributed by atoms with E-state index < -0.39 is 0 Å². The molecule has 1 aromatic rings. The number of aromatic hydroxyl groups is 1. The summed E-state index contributed by atoms with van der Waals surface area (Å²) in [5.74, 6) is 0.694. The maximum Gasteiger partial charge on any atom is 0.220 e. The Labute approximate surface area is 82.8 Å². The predicted octanol–water partition coefficient (Wildman–Crippen LogP) is 1.39. The fourth-order valence-corrected chi connectivity index (χ4v) is 1.83. The second kappa shape index (κ2) is 3.70. The first-order valence-corrected chi connectivity index (χ1v) is 4.82. The average molecular weight is 191 g/mol. The molecule has 1 amide bonds. The molecule has 0 saturated carbocycles. The number of rotatable bonds is 1. The molecule has 2 rings (SSSR count). The minimum Gasteiger partial charge on any atom is -0.508 e. The Bertz CT molecular complexity index is 339. The van der Waals surface area contributed by atoms with Crippen LogP contribution in [-0.4, -0.2) is 17.6 Å². The van der Waals surface area contributed by atoms with Crippen LogP contribution in [0.2, 0.25) is 0 Å². The van der Waals surface area contributed by atoms with Crippen molar-refractivity contribution in [3.63, 3.8) is 0 Å². The van der Waals surface area contributed by atoms with E-state index in [4.69, 9.17) is 0 Å². The number of carbonyl (C=O) groups excluding carboxylic acids is 1. The fourth-order valence-electron chi connectivity index (χ4n) is 1.83. The number of piperidine rings is 1. The molecule has 1 unspecified atom stereocenters. The van der Waals surface area contributed by atoms with Crippen molar-refractivity contribution >= 4 is 5.91 Å². The van der Waals surface area contributed by atoms with Crippen molar-refractivity contribution in [1.82, 2.24) is 5.32 Å². The van der Waals surface area contributed by atoms with Gasteiger partial charge >= 0.3 is 0 Å². The van der Waals surface area contributed by atoms with E-state index >= 15 is 0 Å². The largest absolute Gasteiger partial charge is 0.508 e. The Morgan fingerprint density at radius 3 is 2.79 bits per heavy atom. The number of phenolic OH excluding ortho intramolecular Hbond substituents is 1. The zero-order valence-electron chi connectivity index (χ0n) is 7.86. The van der Waals surface area contributed by atoms with Crippen LogP contribution in [0.25, 0.3) is 0 Å². The molecule has 0 radical (unpaired) electrons. The number of hydrogen-bond donors (Lipinski definition) is 2. The van der Waals surface area contributed by atoms with Gasteiger partial charge in [0.2, 0.25) is 5.91 Å². The van der Waals surface area contributed by atoms with Gasteiger partial charge in [-0.15, -0.1) is 0 Å². The van der Waals surface area contributed by atoms with Crippen LogP contribution in [0.3, 0.4) is 0 Å². The normalized spacial score (nSPS) is 21.7. The lowest BCUT2D eigenvalue weighted by molar-refractivity contribution is -0.122. The van der Waals surface area contributed by atoms with Crippen molar-refractivity contribution in [2.45, 2.75) is 18.8 Å². The predicted molar refractivity (Wildman–Crippen MR) is 53.1 cm³/mol. The molecule has 1 aliphatic heterocycles. The second-order valence-electron chi connectivity index (χ2n) is 3.60. The molecule has 2 N–H and O–H groups in total. The topological polar surface area (TPSA) is 49.3 Å². The molecule has 1 saturated heterocycles. The third-order valence-corrected chi connectivity index (χ3v) is 2.64. The van der Waals surface area contributed by atoms with Crippen LogP contribution < -0.4 is 5.32 Å². The van der Waals surface area contributed by atoms with E-state index in [-0.39, 0.29) is 11.8 Å². The van der Waals surface area contributed by atoms with Gasteiger partial charge in [0.25, 0.3) is 0 Å². The Morgan fingerprint density at radius 2 is 2.14 bits per heavy atom. The monoisotopic (exact) mass is 191 g/mol. The summed E-state index contributed by atoms with van der Waals surface area (Å²) in [6, 6.07) is 7.31. The zero-order valence-corrected chi connectivity index (χ0v) is 7.86. The summed E-state index contributed by atoms with van der Waals surface area (Å²) >= 11 is 0. The van der Waals surface area contributed by atoms with E-state index in [1.807, 2.05) is 12.1 Å². The SMILES string of the molecule is O=C1CCC(c2ccccc2O)CN1. The van der Waals surface area contributed by atoms with Crippen molar-refractivity contribution in [2.24, 2.45) is 0 Å². The highest BCUT2D eigenvalue weighted by Gasteiger charge is 2.21. The van der Waals surface area contributed by atoms with Crippen molar-refractivity contribution in [3.8, 4) is 5.75 Å². The zero-order chi connectivity index (χ0) is 9.97. The lowest BCUT2D eigenvalue weighted by Crippen LogP contribution is -2.33. The first-order chi connectivity index (χ1) is 6.77. The molecule has 14 heavy (non-hydrogen) atoms. The number of amides is 1. The summed E-state index contributed by atoms with van der Waals surface area (Å²) in [7, 11) is 0. The van der Waals surface area contributed by atoms with Crippen LogP contribution in [0.15, 0.2) is 24.3 Å². The van der Waals surface area contributed by atoms with Gasteiger partial charge < -0.3 is 10.4 Å². The molecule has 1 atom stereocenters. The van der Waals surface area contributed by atoms with E-state index in [0.717, 1.165) is 12.0 Å². The third-order valence-electron chi connectivity index (χ3n) is 2.64. The quantitative estimate of drug-likeness (QED) is 0.704. The van der Waals surface area contributed by atoms with Crippen LogP contribution in [0, 0.1) is 0 Å². The standard InChI is InChI=1S/C11H13NO2/c13-10-4-2-1-3-9(10)8-5-6-11(14)12-7-8/h1-4,8,13H,5-7H2,(H,12,14). The lowest BCUT2D eigenvalue weighted by Gasteiger charge is -2.23. The smallest absolute Gasteiger partial charge is 0.220 e. The van der Waals surface area contributed by atoms with Gasteiger partial charge in [-0.3, -0.25) is 4.79 Å². The van der Waals surface area contributed by atoms with E-state index in [9.17, 15) is 9.90 Å². The van der Waals surface area contributed by atoms with Crippen LogP contribution in [0.4, 0.5) is 0 Å². The Hall–Kier alpha value is -1.51. The number of phenols is 1. The molecular formula is C11H13NO2. The summed E-state index contributed by atoms with van der Waals surface area (Å²) in [4.78, 5) is 11.0. The van der Waals surface area contributed by atoms with E-state index in [2.05, 4.69) is 5.32 Å². The Balaban J connectivity index is 2.16. The van der Waals surface area contributed by atoms with Crippen molar-refractivity contribution in [1.29, 1.82) is 0 Å². The molecule has 0 bridgehead atoms. The van der Waals surface area contributed by atoms with Gasteiger partial charge in [-0.25, -0.2) is 0 Å². The molecule has 0 spiro atoms. The minimum atomic E-state index is 0.108. The van der Waals surface area contributed by atoms with E-state index in [1.54, 1.807) is 12.1 Å². The molecule has 3 nitrogen and oxygen atoms in total. The summed E-state index contributed by atoms with van der Waals surface area (Å²) in [5, 5.41) is 12.4. The van der Waals surface area contributed by atoms with Crippen LogP contribution in [-0.2, 0) is 4.79 Å². The lowest BCUT2D eigenvalue weighted by atomic mass is 9.91. The summed E-state index contributed by atoms with van der Waals surface area (Å²) < 4.78 is 0. The number of carbonyl (C=O) groups is 1. The summed E-state index contributed by atoms with van der Waals surface area (Å²) in [6.07, 6.45) is 1.38. The van der Waals surface area contributed by atoms with Gasteiger partial charge in [0.15, 0.2) is 0 Å². The molecular weight excluding hydrogens is 178 g/mol.